The largest absolute Gasteiger partial charge is 0.378 e. The highest BCUT2D eigenvalue weighted by atomic mass is 16.5. The fourth-order valence-electron chi connectivity index (χ4n) is 3.20. The van der Waals surface area contributed by atoms with Crippen molar-refractivity contribution in [3.05, 3.63) is 54.1 Å². The van der Waals surface area contributed by atoms with Gasteiger partial charge in [-0.25, -0.2) is 0 Å². The Labute approximate surface area is 170 Å². The highest BCUT2D eigenvalue weighted by molar-refractivity contribution is 5.95. The molecule has 2 amide bonds. The second-order valence-corrected chi connectivity index (χ2v) is 7.37. The van der Waals surface area contributed by atoms with Crippen LogP contribution in [0.5, 0.6) is 0 Å². The summed E-state index contributed by atoms with van der Waals surface area (Å²) in [6.07, 6.45) is 2.13. The SMILES string of the molecule is O=C(CNc1ccc(C(=O)NC2CC2)cc1)Nc1ccc(N2CCOCC2)cc1. The van der Waals surface area contributed by atoms with Crippen molar-refractivity contribution >= 4 is 28.9 Å². The lowest BCUT2D eigenvalue weighted by Crippen LogP contribution is -2.36. The first kappa shape index (κ1) is 19.3. The van der Waals surface area contributed by atoms with E-state index in [-0.39, 0.29) is 18.4 Å². The number of benzene rings is 2. The lowest BCUT2D eigenvalue weighted by molar-refractivity contribution is -0.114. The van der Waals surface area contributed by atoms with Crippen LogP contribution in [0.15, 0.2) is 48.5 Å². The molecule has 4 rings (SSSR count). The zero-order valence-electron chi connectivity index (χ0n) is 16.3. The number of rotatable bonds is 7. The molecule has 0 atom stereocenters. The van der Waals surface area contributed by atoms with Crippen molar-refractivity contribution < 1.29 is 14.3 Å². The van der Waals surface area contributed by atoms with Gasteiger partial charge in [0, 0.05) is 41.8 Å². The van der Waals surface area contributed by atoms with Gasteiger partial charge in [-0.15, -0.1) is 0 Å². The van der Waals surface area contributed by atoms with Crippen molar-refractivity contribution in [1.29, 1.82) is 0 Å². The second kappa shape index (κ2) is 8.96. The molecule has 2 aromatic carbocycles. The molecule has 2 aliphatic rings. The number of hydrogen-bond donors (Lipinski definition) is 3. The number of morpholine rings is 1. The lowest BCUT2D eigenvalue weighted by atomic mass is 10.2. The second-order valence-electron chi connectivity index (χ2n) is 7.37. The Morgan fingerprint density at radius 3 is 2.24 bits per heavy atom. The van der Waals surface area contributed by atoms with E-state index in [1.807, 2.05) is 36.4 Å². The minimum atomic E-state index is -0.125. The van der Waals surface area contributed by atoms with Gasteiger partial charge in [0.15, 0.2) is 0 Å². The van der Waals surface area contributed by atoms with Gasteiger partial charge in [-0.05, 0) is 61.4 Å². The van der Waals surface area contributed by atoms with Gasteiger partial charge in [-0.3, -0.25) is 9.59 Å². The summed E-state index contributed by atoms with van der Waals surface area (Å²) in [5.41, 5.74) is 3.33. The third-order valence-corrected chi connectivity index (χ3v) is 5.04. The van der Waals surface area contributed by atoms with Crippen LogP contribution in [-0.4, -0.2) is 50.7 Å². The normalized spacial score (nSPS) is 16.2. The molecule has 0 aromatic heterocycles. The van der Waals surface area contributed by atoms with Crippen LogP contribution < -0.4 is 20.9 Å². The summed E-state index contributed by atoms with van der Waals surface area (Å²) in [4.78, 5) is 26.5. The van der Waals surface area contributed by atoms with E-state index in [1.54, 1.807) is 12.1 Å². The Morgan fingerprint density at radius 2 is 1.59 bits per heavy atom. The van der Waals surface area contributed by atoms with Crippen LogP contribution in [0.2, 0.25) is 0 Å². The molecule has 1 heterocycles. The van der Waals surface area contributed by atoms with Crippen molar-refractivity contribution in [2.75, 3.05) is 48.4 Å². The summed E-state index contributed by atoms with van der Waals surface area (Å²) in [6, 6.07) is 15.3. The molecule has 0 bridgehead atoms. The van der Waals surface area contributed by atoms with E-state index in [0.717, 1.165) is 56.2 Å². The topological polar surface area (TPSA) is 82.7 Å². The molecular weight excluding hydrogens is 368 g/mol. The van der Waals surface area contributed by atoms with Crippen LogP contribution in [0.1, 0.15) is 23.2 Å². The molecule has 3 N–H and O–H groups in total. The average Bonchev–Trinajstić information content (AvgIpc) is 3.58. The number of ether oxygens (including phenoxy) is 1. The Balaban J connectivity index is 1.23. The third-order valence-electron chi connectivity index (χ3n) is 5.04. The number of nitrogens with zero attached hydrogens (tertiary/aromatic N) is 1. The minimum absolute atomic E-state index is 0.0441. The first-order chi connectivity index (χ1) is 14.2. The van der Waals surface area contributed by atoms with Crippen LogP contribution in [0.25, 0.3) is 0 Å². The van der Waals surface area contributed by atoms with E-state index in [4.69, 9.17) is 4.74 Å². The fraction of sp³-hybridized carbons (Fsp3) is 0.364. The van der Waals surface area contributed by atoms with Crippen molar-refractivity contribution in [3.63, 3.8) is 0 Å². The Hall–Kier alpha value is -3.06. The number of anilines is 3. The van der Waals surface area contributed by atoms with Crippen LogP contribution in [-0.2, 0) is 9.53 Å². The van der Waals surface area contributed by atoms with Gasteiger partial charge in [0.1, 0.15) is 0 Å². The maximum absolute atomic E-state index is 12.2. The molecule has 2 aromatic rings. The summed E-state index contributed by atoms with van der Waals surface area (Å²) >= 11 is 0. The van der Waals surface area contributed by atoms with Crippen LogP contribution >= 0.6 is 0 Å². The molecule has 1 aliphatic heterocycles. The first-order valence-electron chi connectivity index (χ1n) is 10.0. The van der Waals surface area contributed by atoms with Gasteiger partial charge >= 0.3 is 0 Å². The smallest absolute Gasteiger partial charge is 0.251 e. The van der Waals surface area contributed by atoms with E-state index < -0.39 is 0 Å². The average molecular weight is 394 g/mol. The maximum Gasteiger partial charge on any atom is 0.251 e. The Kier molecular flexibility index (Phi) is 5.95. The van der Waals surface area contributed by atoms with E-state index in [1.165, 1.54) is 0 Å². The van der Waals surface area contributed by atoms with Gasteiger partial charge in [0.25, 0.3) is 5.91 Å². The van der Waals surface area contributed by atoms with E-state index in [9.17, 15) is 9.59 Å². The van der Waals surface area contributed by atoms with E-state index in [2.05, 4.69) is 20.9 Å². The monoisotopic (exact) mass is 394 g/mol. The molecule has 152 valence electrons. The molecule has 2 fully saturated rings. The fourth-order valence-corrected chi connectivity index (χ4v) is 3.20. The zero-order valence-corrected chi connectivity index (χ0v) is 16.3. The van der Waals surface area contributed by atoms with Crippen LogP contribution in [0.4, 0.5) is 17.1 Å². The standard InChI is InChI=1S/C22H26N4O3/c27-21(24-18-7-9-20(10-8-18)26-11-13-29-14-12-26)15-23-17-3-1-16(2-4-17)22(28)25-19-5-6-19/h1-4,7-10,19,23H,5-6,11-15H2,(H,24,27)(H,25,28). The first-order valence-corrected chi connectivity index (χ1v) is 10.0. The molecule has 7 heteroatoms. The minimum Gasteiger partial charge on any atom is -0.378 e. The zero-order chi connectivity index (χ0) is 20.1. The number of carbonyl (C=O) groups excluding carboxylic acids is 2. The summed E-state index contributed by atoms with van der Waals surface area (Å²) in [7, 11) is 0. The van der Waals surface area contributed by atoms with Crippen LogP contribution in [0, 0.1) is 0 Å². The maximum atomic E-state index is 12.2. The molecule has 1 aliphatic carbocycles. The molecular formula is C22H26N4O3. The number of amides is 2. The molecule has 7 nitrogen and oxygen atoms in total. The van der Waals surface area contributed by atoms with Crippen molar-refractivity contribution in [2.24, 2.45) is 0 Å². The highest BCUT2D eigenvalue weighted by Gasteiger charge is 2.23. The predicted molar refractivity (Wildman–Crippen MR) is 114 cm³/mol. The summed E-state index contributed by atoms with van der Waals surface area (Å²) in [5.74, 6) is -0.169. The van der Waals surface area contributed by atoms with Crippen molar-refractivity contribution in [1.82, 2.24) is 5.32 Å². The molecule has 0 unspecified atom stereocenters. The third kappa shape index (κ3) is 5.48. The Bertz CT molecular complexity index is 841. The predicted octanol–water partition coefficient (Wildman–Crippen LogP) is 2.47. The van der Waals surface area contributed by atoms with Crippen molar-refractivity contribution in [3.8, 4) is 0 Å². The van der Waals surface area contributed by atoms with Gasteiger partial charge < -0.3 is 25.6 Å². The summed E-state index contributed by atoms with van der Waals surface area (Å²) < 4.78 is 5.37. The Morgan fingerprint density at radius 1 is 0.931 bits per heavy atom. The molecule has 0 spiro atoms. The molecule has 1 saturated carbocycles. The summed E-state index contributed by atoms with van der Waals surface area (Å²) in [5, 5.41) is 8.93. The lowest BCUT2D eigenvalue weighted by Gasteiger charge is -2.28. The van der Waals surface area contributed by atoms with Gasteiger partial charge in [-0.1, -0.05) is 0 Å². The molecule has 29 heavy (non-hydrogen) atoms. The quantitative estimate of drug-likeness (QED) is 0.672. The van der Waals surface area contributed by atoms with E-state index >= 15 is 0 Å². The summed E-state index contributed by atoms with van der Waals surface area (Å²) in [6.45, 7) is 3.42. The van der Waals surface area contributed by atoms with Crippen molar-refractivity contribution in [2.45, 2.75) is 18.9 Å². The number of hydrogen-bond acceptors (Lipinski definition) is 5. The molecule has 1 saturated heterocycles. The van der Waals surface area contributed by atoms with E-state index in [0.29, 0.717) is 11.6 Å². The number of nitrogens with one attached hydrogen (secondary N) is 3. The van der Waals surface area contributed by atoms with Gasteiger partial charge in [0.2, 0.25) is 5.91 Å². The number of carbonyl (C=O) groups is 2. The van der Waals surface area contributed by atoms with Gasteiger partial charge in [-0.2, -0.15) is 0 Å². The highest BCUT2D eigenvalue weighted by Crippen LogP contribution is 2.20. The molecule has 0 radical (unpaired) electrons. The van der Waals surface area contributed by atoms with Crippen LogP contribution in [0.3, 0.4) is 0 Å². The van der Waals surface area contributed by atoms with Gasteiger partial charge in [0.05, 0.1) is 19.8 Å².